The fourth-order valence-electron chi connectivity index (χ4n) is 3.88. The van der Waals surface area contributed by atoms with Gasteiger partial charge in [-0.1, -0.05) is 12.1 Å². The number of nitrogens with one attached hydrogen (secondary N) is 2. The number of aromatic nitrogens is 2. The van der Waals surface area contributed by atoms with Gasteiger partial charge < -0.3 is 10.6 Å². The Hall–Kier alpha value is -1.92. The number of benzene rings is 1. The summed E-state index contributed by atoms with van der Waals surface area (Å²) in [6, 6.07) is 6.58. The van der Waals surface area contributed by atoms with Crippen LogP contribution < -0.4 is 10.6 Å². The molecule has 1 aliphatic heterocycles. The Labute approximate surface area is 158 Å². The van der Waals surface area contributed by atoms with Gasteiger partial charge in [0.15, 0.2) is 5.69 Å². The Balaban J connectivity index is 0.00000196. The molecule has 0 saturated carbocycles. The van der Waals surface area contributed by atoms with Crippen molar-refractivity contribution >= 4 is 18.3 Å². The first-order chi connectivity index (χ1) is 12.2. The first-order valence-electron chi connectivity index (χ1n) is 9.08. The summed E-state index contributed by atoms with van der Waals surface area (Å²) < 4.78 is 15.8. The number of carbonyl (C=O) groups is 1. The van der Waals surface area contributed by atoms with E-state index in [0.717, 1.165) is 50.0 Å². The lowest BCUT2D eigenvalue weighted by Crippen LogP contribution is -2.27. The molecule has 1 aliphatic carbocycles. The van der Waals surface area contributed by atoms with Gasteiger partial charge in [0, 0.05) is 17.8 Å². The molecule has 2 aromatic rings. The van der Waals surface area contributed by atoms with Crippen molar-refractivity contribution < 1.29 is 9.18 Å². The predicted molar refractivity (Wildman–Crippen MR) is 101 cm³/mol. The van der Waals surface area contributed by atoms with E-state index in [2.05, 4.69) is 15.7 Å². The minimum atomic E-state index is -0.319. The highest BCUT2D eigenvalue weighted by atomic mass is 35.5. The SMILES string of the molecule is Cl.O=C(NCCC1CCNC1)c1nn(-c2ccccc2F)c2c1CCC2. The lowest BCUT2D eigenvalue weighted by atomic mass is 10.1. The number of amides is 1. The molecule has 5 nitrogen and oxygen atoms in total. The summed E-state index contributed by atoms with van der Waals surface area (Å²) >= 11 is 0. The van der Waals surface area contributed by atoms with E-state index in [1.807, 2.05) is 0 Å². The predicted octanol–water partition coefficient (Wildman–Crippen LogP) is 2.65. The van der Waals surface area contributed by atoms with Crippen LogP contribution in [0.25, 0.3) is 5.69 Å². The zero-order valence-electron chi connectivity index (χ0n) is 14.6. The fourth-order valence-corrected chi connectivity index (χ4v) is 3.88. The van der Waals surface area contributed by atoms with Crippen LogP contribution in [0.2, 0.25) is 0 Å². The second-order valence-electron chi connectivity index (χ2n) is 6.89. The Morgan fingerprint density at radius 1 is 1.35 bits per heavy atom. The van der Waals surface area contributed by atoms with Crippen molar-refractivity contribution in [3.63, 3.8) is 0 Å². The molecule has 26 heavy (non-hydrogen) atoms. The van der Waals surface area contributed by atoms with E-state index in [-0.39, 0.29) is 24.1 Å². The average molecular weight is 379 g/mol. The topological polar surface area (TPSA) is 59.0 Å². The average Bonchev–Trinajstić information content (AvgIpc) is 3.33. The molecule has 1 atom stereocenters. The van der Waals surface area contributed by atoms with Crippen LogP contribution in [0.3, 0.4) is 0 Å². The molecule has 0 spiro atoms. The molecule has 2 heterocycles. The molecule has 0 radical (unpaired) electrons. The number of nitrogens with zero attached hydrogens (tertiary/aromatic N) is 2. The normalized spacial score (nSPS) is 18.4. The number of hydrogen-bond donors (Lipinski definition) is 2. The van der Waals surface area contributed by atoms with Gasteiger partial charge in [-0.05, 0) is 63.2 Å². The van der Waals surface area contributed by atoms with Gasteiger partial charge in [0.1, 0.15) is 11.5 Å². The number of halogens is 2. The lowest BCUT2D eigenvalue weighted by molar-refractivity contribution is 0.0945. The first-order valence-corrected chi connectivity index (χ1v) is 9.08. The van der Waals surface area contributed by atoms with Crippen LogP contribution in [-0.4, -0.2) is 35.3 Å². The highest BCUT2D eigenvalue weighted by Crippen LogP contribution is 2.28. The third kappa shape index (κ3) is 3.62. The van der Waals surface area contributed by atoms with Crippen LogP contribution in [0.15, 0.2) is 24.3 Å². The molecular formula is C19H24ClFN4O. The first kappa shape index (κ1) is 18.9. The molecule has 0 bridgehead atoms. The smallest absolute Gasteiger partial charge is 0.272 e. The molecule has 7 heteroatoms. The van der Waals surface area contributed by atoms with Gasteiger partial charge >= 0.3 is 0 Å². The van der Waals surface area contributed by atoms with Crippen LogP contribution in [0, 0.1) is 11.7 Å². The molecule has 4 rings (SSSR count). The van der Waals surface area contributed by atoms with E-state index in [1.54, 1.807) is 22.9 Å². The van der Waals surface area contributed by atoms with Gasteiger partial charge in [-0.25, -0.2) is 9.07 Å². The summed E-state index contributed by atoms with van der Waals surface area (Å²) in [5.74, 6) is 0.182. The van der Waals surface area contributed by atoms with Crippen molar-refractivity contribution in [1.82, 2.24) is 20.4 Å². The van der Waals surface area contributed by atoms with Gasteiger partial charge in [-0.2, -0.15) is 5.10 Å². The largest absolute Gasteiger partial charge is 0.351 e. The maximum Gasteiger partial charge on any atom is 0.272 e. The van der Waals surface area contributed by atoms with Gasteiger partial charge in [0.05, 0.1) is 0 Å². The molecule has 2 aliphatic rings. The van der Waals surface area contributed by atoms with Crippen LogP contribution in [0.4, 0.5) is 4.39 Å². The minimum absolute atomic E-state index is 0. The molecule has 1 saturated heterocycles. The summed E-state index contributed by atoms with van der Waals surface area (Å²) in [4.78, 5) is 12.6. The monoisotopic (exact) mass is 378 g/mol. The zero-order chi connectivity index (χ0) is 17.2. The van der Waals surface area contributed by atoms with Crippen molar-refractivity contribution in [2.24, 2.45) is 5.92 Å². The number of hydrogen-bond acceptors (Lipinski definition) is 3. The van der Waals surface area contributed by atoms with Crippen LogP contribution in [-0.2, 0) is 12.8 Å². The summed E-state index contributed by atoms with van der Waals surface area (Å²) in [5, 5.41) is 10.8. The molecular weight excluding hydrogens is 355 g/mol. The lowest BCUT2D eigenvalue weighted by Gasteiger charge is -2.09. The zero-order valence-corrected chi connectivity index (χ0v) is 15.4. The molecule has 1 unspecified atom stereocenters. The maximum atomic E-state index is 14.2. The van der Waals surface area contributed by atoms with Crippen molar-refractivity contribution in [2.75, 3.05) is 19.6 Å². The molecule has 1 fully saturated rings. The fraction of sp³-hybridized carbons (Fsp3) is 0.474. The molecule has 1 aromatic heterocycles. The van der Waals surface area contributed by atoms with Gasteiger partial charge in [-0.15, -0.1) is 12.4 Å². The Bertz CT molecular complexity index is 786. The number of fused-ring (bicyclic) bond motifs is 1. The van der Waals surface area contributed by atoms with E-state index in [1.165, 1.54) is 12.5 Å². The van der Waals surface area contributed by atoms with Crippen molar-refractivity contribution in [3.8, 4) is 5.69 Å². The standard InChI is InChI=1S/C19H23FN4O.ClH/c20-15-5-1-2-6-17(15)24-16-7-3-4-14(16)18(23-24)19(25)22-11-9-13-8-10-21-12-13;/h1-2,5-6,13,21H,3-4,7-12H2,(H,22,25);1H. The summed E-state index contributed by atoms with van der Waals surface area (Å²) in [6.45, 7) is 2.76. The van der Waals surface area contributed by atoms with E-state index >= 15 is 0 Å². The van der Waals surface area contributed by atoms with Gasteiger partial charge in [-0.3, -0.25) is 4.79 Å². The second-order valence-corrected chi connectivity index (χ2v) is 6.89. The molecule has 1 aromatic carbocycles. The quantitative estimate of drug-likeness (QED) is 0.841. The second kappa shape index (κ2) is 8.18. The third-order valence-electron chi connectivity index (χ3n) is 5.23. The molecule has 1 amide bonds. The summed E-state index contributed by atoms with van der Waals surface area (Å²) in [7, 11) is 0. The number of carbonyl (C=O) groups excluding carboxylic acids is 1. The van der Waals surface area contributed by atoms with Crippen molar-refractivity contribution in [2.45, 2.75) is 32.1 Å². The van der Waals surface area contributed by atoms with E-state index in [0.29, 0.717) is 23.8 Å². The van der Waals surface area contributed by atoms with E-state index in [9.17, 15) is 9.18 Å². The van der Waals surface area contributed by atoms with Crippen LogP contribution >= 0.6 is 12.4 Å². The van der Waals surface area contributed by atoms with Crippen LogP contribution in [0.5, 0.6) is 0 Å². The minimum Gasteiger partial charge on any atom is -0.351 e. The van der Waals surface area contributed by atoms with Crippen molar-refractivity contribution in [1.29, 1.82) is 0 Å². The summed E-state index contributed by atoms with van der Waals surface area (Å²) in [6.07, 6.45) is 4.80. The molecule has 140 valence electrons. The Morgan fingerprint density at radius 3 is 2.96 bits per heavy atom. The number of rotatable bonds is 5. The highest BCUT2D eigenvalue weighted by molar-refractivity contribution is 5.94. The Morgan fingerprint density at radius 2 is 2.19 bits per heavy atom. The van der Waals surface area contributed by atoms with Gasteiger partial charge in [0.25, 0.3) is 5.91 Å². The Kier molecular flexibility index (Phi) is 5.94. The maximum absolute atomic E-state index is 14.2. The van der Waals surface area contributed by atoms with Crippen LogP contribution in [0.1, 0.15) is 41.0 Å². The number of para-hydroxylation sites is 1. The van der Waals surface area contributed by atoms with E-state index in [4.69, 9.17) is 0 Å². The molecule has 2 N–H and O–H groups in total. The summed E-state index contributed by atoms with van der Waals surface area (Å²) in [5.41, 5.74) is 2.82. The van der Waals surface area contributed by atoms with Crippen molar-refractivity contribution in [3.05, 3.63) is 47.0 Å². The third-order valence-corrected chi connectivity index (χ3v) is 5.23. The highest BCUT2D eigenvalue weighted by Gasteiger charge is 2.27. The van der Waals surface area contributed by atoms with Gasteiger partial charge in [0.2, 0.25) is 0 Å². The van der Waals surface area contributed by atoms with E-state index < -0.39 is 0 Å².